The van der Waals surface area contributed by atoms with E-state index in [0.717, 1.165) is 38.1 Å². The van der Waals surface area contributed by atoms with Crippen LogP contribution >= 0.6 is 0 Å². The van der Waals surface area contributed by atoms with Crippen LogP contribution in [0.3, 0.4) is 0 Å². The Morgan fingerprint density at radius 3 is 2.30 bits per heavy atom. The third kappa shape index (κ3) is 2.88. The molecule has 1 aliphatic heterocycles. The van der Waals surface area contributed by atoms with Crippen molar-refractivity contribution in [3.63, 3.8) is 0 Å². The maximum absolute atomic E-state index is 13.2. The first-order valence-electron chi connectivity index (χ1n) is 8.41. The first-order chi connectivity index (χ1) is 9.39. The van der Waals surface area contributed by atoms with E-state index in [1.165, 1.54) is 6.42 Å². The molecule has 116 valence electrons. The van der Waals surface area contributed by atoms with Gasteiger partial charge in [-0.1, -0.05) is 20.8 Å². The number of nitrogens with zero attached hydrogens (tertiary/aromatic N) is 1. The second-order valence-corrected chi connectivity index (χ2v) is 7.68. The molecule has 2 N–H and O–H groups in total. The second kappa shape index (κ2) is 6.05. The first-order valence-corrected chi connectivity index (χ1v) is 8.41. The number of nitrogens with two attached hydrogens (primary N) is 1. The Kier molecular flexibility index (Phi) is 4.78. The third-order valence-electron chi connectivity index (χ3n) is 5.93. The lowest BCUT2D eigenvalue weighted by Gasteiger charge is -2.47. The van der Waals surface area contributed by atoms with Gasteiger partial charge in [-0.3, -0.25) is 4.79 Å². The first kappa shape index (κ1) is 15.8. The highest BCUT2D eigenvalue weighted by Gasteiger charge is 2.45. The number of likely N-dealkylation sites (tertiary alicyclic amines) is 1. The fraction of sp³-hybridized carbons (Fsp3) is 0.941. The molecule has 1 saturated carbocycles. The molecule has 2 rings (SSSR count). The molecule has 0 aromatic heterocycles. The highest BCUT2D eigenvalue weighted by Crippen LogP contribution is 2.41. The average molecular weight is 280 g/mol. The van der Waals surface area contributed by atoms with Crippen LogP contribution in [0.5, 0.6) is 0 Å². The molecular weight excluding hydrogens is 248 g/mol. The molecule has 2 aliphatic rings. The van der Waals surface area contributed by atoms with E-state index < -0.39 is 0 Å². The van der Waals surface area contributed by atoms with Crippen molar-refractivity contribution in [1.29, 1.82) is 0 Å². The molecule has 1 saturated heterocycles. The summed E-state index contributed by atoms with van der Waals surface area (Å²) >= 11 is 0. The lowest BCUT2D eigenvalue weighted by atomic mass is 9.69. The van der Waals surface area contributed by atoms with Crippen molar-refractivity contribution >= 4 is 5.91 Å². The number of piperidine rings is 1. The Labute approximate surface area is 124 Å². The van der Waals surface area contributed by atoms with E-state index in [4.69, 9.17) is 5.73 Å². The summed E-state index contributed by atoms with van der Waals surface area (Å²) in [5.41, 5.74) is 5.79. The zero-order valence-corrected chi connectivity index (χ0v) is 13.7. The Hall–Kier alpha value is -0.570. The molecule has 0 aromatic carbocycles. The number of carbonyl (C=O) groups is 1. The SMILES string of the molecule is CC1CCC(CN)(C(=O)N2CC(C)CC(C)C2C)CC1. The standard InChI is InChI=1S/C17H32N2O/c1-12-5-7-17(11-18,8-6-12)16(20)19-10-13(2)9-14(3)15(19)4/h12-15H,5-11,18H2,1-4H3. The second-order valence-electron chi connectivity index (χ2n) is 7.68. The molecule has 3 atom stereocenters. The molecular formula is C17H32N2O. The largest absolute Gasteiger partial charge is 0.339 e. The van der Waals surface area contributed by atoms with Crippen molar-refractivity contribution in [1.82, 2.24) is 4.90 Å². The maximum Gasteiger partial charge on any atom is 0.230 e. The minimum absolute atomic E-state index is 0.266. The van der Waals surface area contributed by atoms with Gasteiger partial charge in [0.05, 0.1) is 5.41 Å². The summed E-state index contributed by atoms with van der Waals surface area (Å²) in [5, 5.41) is 0. The summed E-state index contributed by atoms with van der Waals surface area (Å²) in [6.07, 6.45) is 5.50. The predicted molar refractivity (Wildman–Crippen MR) is 83.2 cm³/mol. The molecule has 0 bridgehead atoms. The van der Waals surface area contributed by atoms with Gasteiger partial charge in [0, 0.05) is 19.1 Å². The van der Waals surface area contributed by atoms with Crippen LogP contribution in [-0.2, 0) is 4.79 Å². The van der Waals surface area contributed by atoms with Gasteiger partial charge in [0.15, 0.2) is 0 Å². The average Bonchev–Trinajstić information content (AvgIpc) is 2.43. The van der Waals surface area contributed by atoms with Crippen molar-refractivity contribution in [3.05, 3.63) is 0 Å². The van der Waals surface area contributed by atoms with Gasteiger partial charge in [-0.15, -0.1) is 0 Å². The number of carbonyl (C=O) groups excluding carboxylic acids is 1. The van der Waals surface area contributed by atoms with Crippen LogP contribution in [0.4, 0.5) is 0 Å². The van der Waals surface area contributed by atoms with Crippen LogP contribution < -0.4 is 5.73 Å². The number of amides is 1. The number of rotatable bonds is 2. The van der Waals surface area contributed by atoms with Gasteiger partial charge in [-0.05, 0) is 56.8 Å². The van der Waals surface area contributed by atoms with Gasteiger partial charge < -0.3 is 10.6 Å². The van der Waals surface area contributed by atoms with Gasteiger partial charge in [0.2, 0.25) is 5.91 Å². The van der Waals surface area contributed by atoms with E-state index in [1.54, 1.807) is 0 Å². The third-order valence-corrected chi connectivity index (χ3v) is 5.93. The topological polar surface area (TPSA) is 46.3 Å². The molecule has 0 spiro atoms. The minimum atomic E-state index is -0.266. The molecule has 2 fully saturated rings. The van der Waals surface area contributed by atoms with Gasteiger partial charge in [-0.25, -0.2) is 0 Å². The van der Waals surface area contributed by atoms with E-state index in [1.807, 2.05) is 0 Å². The summed E-state index contributed by atoms with van der Waals surface area (Å²) in [4.78, 5) is 15.3. The van der Waals surface area contributed by atoms with Crippen LogP contribution in [0.1, 0.15) is 59.8 Å². The molecule has 1 amide bonds. The van der Waals surface area contributed by atoms with Crippen molar-refractivity contribution in [2.45, 2.75) is 65.8 Å². The van der Waals surface area contributed by atoms with Crippen LogP contribution in [0, 0.1) is 23.2 Å². The van der Waals surface area contributed by atoms with E-state index in [9.17, 15) is 4.79 Å². The molecule has 1 aliphatic carbocycles. The predicted octanol–water partition coefficient (Wildman–Crippen LogP) is 3.03. The number of hydrogen-bond donors (Lipinski definition) is 1. The number of hydrogen-bond acceptors (Lipinski definition) is 2. The van der Waals surface area contributed by atoms with E-state index in [0.29, 0.717) is 30.3 Å². The summed E-state index contributed by atoms with van der Waals surface area (Å²) < 4.78 is 0. The summed E-state index contributed by atoms with van der Waals surface area (Å²) in [5.74, 6) is 2.31. The fourth-order valence-corrected chi connectivity index (χ4v) is 4.11. The zero-order valence-electron chi connectivity index (χ0n) is 13.7. The molecule has 3 nitrogen and oxygen atoms in total. The monoisotopic (exact) mass is 280 g/mol. The Morgan fingerprint density at radius 1 is 1.15 bits per heavy atom. The molecule has 20 heavy (non-hydrogen) atoms. The Bertz CT molecular complexity index is 347. The summed E-state index contributed by atoms with van der Waals surface area (Å²) in [6.45, 7) is 10.5. The van der Waals surface area contributed by atoms with Gasteiger partial charge in [0.1, 0.15) is 0 Å². The molecule has 3 heteroatoms. The summed E-state index contributed by atoms with van der Waals surface area (Å²) in [6, 6.07) is 0.362. The van der Waals surface area contributed by atoms with Gasteiger partial charge in [-0.2, -0.15) is 0 Å². The molecule has 0 aromatic rings. The van der Waals surface area contributed by atoms with Crippen molar-refractivity contribution < 1.29 is 4.79 Å². The van der Waals surface area contributed by atoms with Crippen molar-refractivity contribution in [3.8, 4) is 0 Å². The van der Waals surface area contributed by atoms with Gasteiger partial charge >= 0.3 is 0 Å². The Morgan fingerprint density at radius 2 is 1.75 bits per heavy atom. The highest BCUT2D eigenvalue weighted by atomic mass is 16.2. The maximum atomic E-state index is 13.2. The summed E-state index contributed by atoms with van der Waals surface area (Å²) in [7, 11) is 0. The van der Waals surface area contributed by atoms with Crippen molar-refractivity contribution in [2.75, 3.05) is 13.1 Å². The van der Waals surface area contributed by atoms with E-state index >= 15 is 0 Å². The van der Waals surface area contributed by atoms with Crippen LogP contribution in [0.25, 0.3) is 0 Å². The smallest absolute Gasteiger partial charge is 0.230 e. The zero-order chi connectivity index (χ0) is 14.9. The molecule has 1 heterocycles. The minimum Gasteiger partial charge on any atom is -0.339 e. The molecule has 3 unspecified atom stereocenters. The van der Waals surface area contributed by atoms with Gasteiger partial charge in [0.25, 0.3) is 0 Å². The van der Waals surface area contributed by atoms with Crippen LogP contribution in [-0.4, -0.2) is 29.9 Å². The van der Waals surface area contributed by atoms with E-state index in [2.05, 4.69) is 32.6 Å². The van der Waals surface area contributed by atoms with E-state index in [-0.39, 0.29) is 5.41 Å². The normalized spacial score (nSPS) is 42.5. The quantitative estimate of drug-likeness (QED) is 0.845. The van der Waals surface area contributed by atoms with Crippen LogP contribution in [0.15, 0.2) is 0 Å². The lowest BCUT2D eigenvalue weighted by Crippen LogP contribution is -2.56. The fourth-order valence-electron chi connectivity index (χ4n) is 4.11. The Balaban J connectivity index is 2.15. The highest BCUT2D eigenvalue weighted by molar-refractivity contribution is 5.83. The lowest BCUT2D eigenvalue weighted by molar-refractivity contribution is -0.150. The molecule has 0 radical (unpaired) electrons. The van der Waals surface area contributed by atoms with Crippen LogP contribution in [0.2, 0.25) is 0 Å². The van der Waals surface area contributed by atoms with Crippen molar-refractivity contribution in [2.24, 2.45) is 28.9 Å².